The number of aryl methyl sites for hydroxylation is 1. The molecule has 21 heavy (non-hydrogen) atoms. The second-order valence-electron chi connectivity index (χ2n) is 6.26. The van der Waals surface area contributed by atoms with Crippen molar-refractivity contribution in [3.63, 3.8) is 0 Å². The minimum Gasteiger partial charge on any atom is -0.478 e. The Labute approximate surface area is 125 Å². The van der Waals surface area contributed by atoms with E-state index in [2.05, 4.69) is 6.92 Å². The third-order valence-corrected chi connectivity index (χ3v) is 4.79. The minimum atomic E-state index is -0.946. The minimum absolute atomic E-state index is 0.0612. The summed E-state index contributed by atoms with van der Waals surface area (Å²) >= 11 is 0. The predicted molar refractivity (Wildman–Crippen MR) is 83.0 cm³/mol. The van der Waals surface area contributed by atoms with Gasteiger partial charge in [0.1, 0.15) is 0 Å². The summed E-state index contributed by atoms with van der Waals surface area (Å²) in [5.41, 5.74) is 1.38. The Balaban J connectivity index is 2.31. The molecule has 2 rings (SSSR count). The molecule has 0 amide bonds. The van der Waals surface area contributed by atoms with Crippen molar-refractivity contribution >= 4 is 5.97 Å². The van der Waals surface area contributed by atoms with Gasteiger partial charge in [-0.2, -0.15) is 0 Å². The van der Waals surface area contributed by atoms with E-state index < -0.39 is 5.97 Å². The van der Waals surface area contributed by atoms with Gasteiger partial charge in [0.05, 0.1) is 5.56 Å². The van der Waals surface area contributed by atoms with Crippen LogP contribution in [0.25, 0.3) is 0 Å². The number of nitrogens with zero attached hydrogens (tertiary/aromatic N) is 1. The molecule has 0 bridgehead atoms. The second kappa shape index (κ2) is 6.46. The van der Waals surface area contributed by atoms with Crippen LogP contribution in [0.3, 0.4) is 0 Å². The lowest BCUT2D eigenvalue weighted by molar-refractivity contribution is 0.0693. The Hall–Kier alpha value is -1.58. The number of hydrogen-bond donors (Lipinski definition) is 1. The molecule has 4 nitrogen and oxygen atoms in total. The molecule has 1 N–H and O–H groups in total. The van der Waals surface area contributed by atoms with E-state index in [0.29, 0.717) is 11.3 Å². The molecule has 0 aliphatic heterocycles. The lowest BCUT2D eigenvalue weighted by Crippen LogP contribution is -2.31. The summed E-state index contributed by atoms with van der Waals surface area (Å²) in [4.78, 5) is 23.7. The van der Waals surface area contributed by atoms with Crippen LogP contribution >= 0.6 is 0 Å². The standard InChI is InChI=1S/C17H25NO3/c1-4-5-13-6-8-14(9-7-13)18-12(3)16(17(20)21)11(2)10-15(18)19/h10,13-14H,4-9H2,1-3H3,(H,20,21). The van der Waals surface area contributed by atoms with Gasteiger partial charge in [0.15, 0.2) is 0 Å². The van der Waals surface area contributed by atoms with E-state index in [1.54, 1.807) is 18.4 Å². The highest BCUT2D eigenvalue weighted by molar-refractivity contribution is 5.90. The number of hydrogen-bond acceptors (Lipinski definition) is 2. The van der Waals surface area contributed by atoms with Crippen LogP contribution in [0, 0.1) is 19.8 Å². The number of aromatic nitrogens is 1. The van der Waals surface area contributed by atoms with Gasteiger partial charge in [-0.3, -0.25) is 4.79 Å². The Morgan fingerprint density at radius 1 is 1.29 bits per heavy atom. The van der Waals surface area contributed by atoms with E-state index >= 15 is 0 Å². The largest absolute Gasteiger partial charge is 0.478 e. The molecule has 0 unspecified atom stereocenters. The summed E-state index contributed by atoms with van der Waals surface area (Å²) in [6.07, 6.45) is 6.71. The molecule has 1 aromatic heterocycles. The number of aromatic carboxylic acids is 1. The van der Waals surface area contributed by atoms with Crippen LogP contribution in [0.2, 0.25) is 0 Å². The van der Waals surface area contributed by atoms with Crippen molar-refractivity contribution in [1.82, 2.24) is 4.57 Å². The average molecular weight is 291 g/mol. The smallest absolute Gasteiger partial charge is 0.337 e. The van der Waals surface area contributed by atoms with Gasteiger partial charge in [0.2, 0.25) is 0 Å². The molecule has 1 aromatic rings. The first kappa shape index (κ1) is 15.8. The first-order valence-corrected chi connectivity index (χ1v) is 7.91. The van der Waals surface area contributed by atoms with Crippen LogP contribution in [-0.2, 0) is 0 Å². The van der Waals surface area contributed by atoms with Crippen molar-refractivity contribution < 1.29 is 9.90 Å². The SMILES string of the molecule is CCCC1CCC(n2c(C)c(C(=O)O)c(C)cc2=O)CC1. The van der Waals surface area contributed by atoms with Gasteiger partial charge in [-0.25, -0.2) is 4.79 Å². The molecule has 1 aliphatic rings. The van der Waals surface area contributed by atoms with Crippen molar-refractivity contribution in [2.75, 3.05) is 0 Å². The van der Waals surface area contributed by atoms with Gasteiger partial charge < -0.3 is 9.67 Å². The molecular weight excluding hydrogens is 266 g/mol. The summed E-state index contributed by atoms with van der Waals surface area (Å²) in [6.45, 7) is 5.66. The van der Waals surface area contributed by atoms with Gasteiger partial charge in [-0.15, -0.1) is 0 Å². The molecule has 1 saturated carbocycles. The molecule has 0 radical (unpaired) electrons. The number of carboxylic acids is 1. The number of carbonyl (C=O) groups is 1. The predicted octanol–water partition coefficient (Wildman–Crippen LogP) is 3.69. The molecule has 0 saturated heterocycles. The molecule has 0 aromatic carbocycles. The fraction of sp³-hybridized carbons (Fsp3) is 0.647. The highest BCUT2D eigenvalue weighted by Gasteiger charge is 2.25. The maximum absolute atomic E-state index is 12.3. The van der Waals surface area contributed by atoms with Crippen molar-refractivity contribution in [2.45, 2.75) is 65.3 Å². The summed E-state index contributed by atoms with van der Waals surface area (Å²) < 4.78 is 1.72. The molecule has 0 atom stereocenters. The highest BCUT2D eigenvalue weighted by atomic mass is 16.4. The normalized spacial score (nSPS) is 22.2. The third kappa shape index (κ3) is 3.20. The van der Waals surface area contributed by atoms with Crippen molar-refractivity contribution in [1.29, 1.82) is 0 Å². The van der Waals surface area contributed by atoms with E-state index in [1.807, 2.05) is 0 Å². The lowest BCUT2D eigenvalue weighted by Gasteiger charge is -2.31. The van der Waals surface area contributed by atoms with E-state index in [4.69, 9.17) is 0 Å². The van der Waals surface area contributed by atoms with E-state index in [9.17, 15) is 14.7 Å². The van der Waals surface area contributed by atoms with Gasteiger partial charge in [-0.05, 0) is 51.0 Å². The quantitative estimate of drug-likeness (QED) is 0.920. The number of rotatable bonds is 4. The van der Waals surface area contributed by atoms with Gasteiger partial charge >= 0.3 is 5.97 Å². The third-order valence-electron chi connectivity index (χ3n) is 4.79. The zero-order valence-electron chi connectivity index (χ0n) is 13.2. The Bertz CT molecular complexity index is 580. The fourth-order valence-corrected chi connectivity index (χ4v) is 3.78. The van der Waals surface area contributed by atoms with E-state index in [-0.39, 0.29) is 17.2 Å². The Morgan fingerprint density at radius 3 is 2.43 bits per heavy atom. The van der Waals surface area contributed by atoms with Gasteiger partial charge in [-0.1, -0.05) is 19.8 Å². The molecule has 116 valence electrons. The van der Waals surface area contributed by atoms with Crippen LogP contribution in [0.15, 0.2) is 10.9 Å². The van der Waals surface area contributed by atoms with Crippen molar-refractivity contribution in [2.24, 2.45) is 5.92 Å². The van der Waals surface area contributed by atoms with E-state index in [1.165, 1.54) is 18.9 Å². The summed E-state index contributed by atoms with van der Waals surface area (Å²) in [5.74, 6) is -0.176. The van der Waals surface area contributed by atoms with Gasteiger partial charge in [0, 0.05) is 17.8 Å². The number of carboxylic acid groups (broad SMARTS) is 1. The van der Waals surface area contributed by atoms with Crippen molar-refractivity contribution in [3.05, 3.63) is 33.2 Å². The molecule has 4 heteroatoms. The second-order valence-corrected chi connectivity index (χ2v) is 6.26. The van der Waals surface area contributed by atoms with Crippen LogP contribution in [0.5, 0.6) is 0 Å². The van der Waals surface area contributed by atoms with Crippen molar-refractivity contribution in [3.8, 4) is 0 Å². The average Bonchev–Trinajstić information content (AvgIpc) is 2.40. The topological polar surface area (TPSA) is 59.3 Å². The van der Waals surface area contributed by atoms with Crippen LogP contribution < -0.4 is 5.56 Å². The maximum Gasteiger partial charge on any atom is 0.337 e. The molecule has 1 aliphatic carbocycles. The monoisotopic (exact) mass is 291 g/mol. The molecule has 0 spiro atoms. The van der Waals surface area contributed by atoms with Gasteiger partial charge in [0.25, 0.3) is 5.56 Å². The first-order valence-electron chi connectivity index (χ1n) is 7.91. The molecular formula is C17H25NO3. The van der Waals surface area contributed by atoms with Crippen LogP contribution in [-0.4, -0.2) is 15.6 Å². The zero-order chi connectivity index (χ0) is 15.6. The zero-order valence-corrected chi connectivity index (χ0v) is 13.2. The van der Waals surface area contributed by atoms with Crippen LogP contribution in [0.1, 0.15) is 73.1 Å². The van der Waals surface area contributed by atoms with E-state index in [0.717, 1.165) is 31.6 Å². The summed E-state index contributed by atoms with van der Waals surface area (Å²) in [5, 5.41) is 9.36. The van der Waals surface area contributed by atoms with Crippen LogP contribution in [0.4, 0.5) is 0 Å². The lowest BCUT2D eigenvalue weighted by atomic mass is 9.83. The Morgan fingerprint density at radius 2 is 1.90 bits per heavy atom. The molecule has 1 heterocycles. The summed E-state index contributed by atoms with van der Waals surface area (Å²) in [6, 6.07) is 1.62. The maximum atomic E-state index is 12.3. The summed E-state index contributed by atoms with van der Waals surface area (Å²) in [7, 11) is 0. The fourth-order valence-electron chi connectivity index (χ4n) is 3.78. The Kier molecular flexibility index (Phi) is 4.86. The first-order chi connectivity index (χ1) is 9.95. The number of pyridine rings is 1. The highest BCUT2D eigenvalue weighted by Crippen LogP contribution is 2.34. The molecule has 1 fully saturated rings.